The Hall–Kier alpha value is -2.41. The van der Waals surface area contributed by atoms with Crippen molar-refractivity contribution in [3.8, 4) is 0 Å². The van der Waals surface area contributed by atoms with E-state index in [1.165, 1.54) is 12.0 Å². The molecule has 7 nitrogen and oxygen atoms in total. The van der Waals surface area contributed by atoms with Crippen LogP contribution in [0.15, 0.2) is 41.7 Å². The summed E-state index contributed by atoms with van der Waals surface area (Å²) < 4.78 is 7.70. The van der Waals surface area contributed by atoms with Crippen LogP contribution in [0.5, 0.6) is 0 Å². The Morgan fingerprint density at radius 1 is 1.07 bits per heavy atom. The highest BCUT2D eigenvalue weighted by molar-refractivity contribution is 5.79. The molecule has 0 saturated heterocycles. The van der Waals surface area contributed by atoms with E-state index in [0.29, 0.717) is 6.54 Å². The van der Waals surface area contributed by atoms with E-state index in [1.807, 2.05) is 18.2 Å². The Balaban J connectivity index is 1.79. The molecule has 2 aromatic rings. The fourth-order valence-electron chi connectivity index (χ4n) is 2.69. The first-order chi connectivity index (χ1) is 13.8. The summed E-state index contributed by atoms with van der Waals surface area (Å²) >= 11 is 0. The summed E-state index contributed by atoms with van der Waals surface area (Å²) in [5, 5.41) is 14.9. The molecule has 0 saturated carbocycles. The van der Waals surface area contributed by atoms with E-state index >= 15 is 0 Å². The van der Waals surface area contributed by atoms with E-state index in [0.717, 1.165) is 63.9 Å². The van der Waals surface area contributed by atoms with Crippen LogP contribution in [-0.4, -0.2) is 47.0 Å². The van der Waals surface area contributed by atoms with Crippen molar-refractivity contribution in [2.75, 3.05) is 26.3 Å². The van der Waals surface area contributed by atoms with Gasteiger partial charge < -0.3 is 19.9 Å². The predicted octanol–water partition coefficient (Wildman–Crippen LogP) is 2.78. The molecule has 0 unspecified atom stereocenters. The minimum absolute atomic E-state index is 0.649. The van der Waals surface area contributed by atoms with Crippen LogP contribution in [0.3, 0.4) is 0 Å². The molecule has 0 fully saturated rings. The van der Waals surface area contributed by atoms with Gasteiger partial charge in [0.1, 0.15) is 12.2 Å². The van der Waals surface area contributed by atoms with Gasteiger partial charge in [-0.25, -0.2) is 4.99 Å². The Labute approximate surface area is 168 Å². The highest BCUT2D eigenvalue weighted by atomic mass is 16.5. The highest BCUT2D eigenvalue weighted by Gasteiger charge is 2.03. The molecule has 7 heteroatoms. The third-order valence-electron chi connectivity index (χ3n) is 4.32. The fraction of sp³-hybridized carbons (Fsp3) is 0.571. The molecule has 0 amide bonds. The zero-order valence-electron chi connectivity index (χ0n) is 17.2. The molecule has 0 aliphatic heterocycles. The molecule has 0 aliphatic carbocycles. The summed E-state index contributed by atoms with van der Waals surface area (Å²) in [6.07, 6.45) is 5.92. The van der Waals surface area contributed by atoms with Gasteiger partial charge in [-0.05, 0) is 18.4 Å². The van der Waals surface area contributed by atoms with E-state index in [2.05, 4.69) is 51.4 Å². The molecule has 2 rings (SSSR count). The quantitative estimate of drug-likeness (QED) is 0.314. The number of guanidine groups is 1. The average molecular weight is 387 g/mol. The van der Waals surface area contributed by atoms with Crippen molar-refractivity contribution in [2.24, 2.45) is 4.99 Å². The first kappa shape index (κ1) is 21.9. The van der Waals surface area contributed by atoms with E-state index in [1.54, 1.807) is 6.33 Å². The number of rotatable bonds is 13. The molecule has 0 radical (unpaired) electrons. The van der Waals surface area contributed by atoms with E-state index in [4.69, 9.17) is 9.73 Å². The third kappa shape index (κ3) is 8.52. The molecule has 154 valence electrons. The summed E-state index contributed by atoms with van der Waals surface area (Å²) in [7, 11) is 0. The van der Waals surface area contributed by atoms with E-state index in [9.17, 15) is 0 Å². The standard InChI is InChI=1S/C21H34N6O/c1-3-5-15-28-16-9-12-22-21(24-17-19-10-7-6-8-11-19)23-13-14-27-18-25-26-20(27)4-2/h6-8,10-11,18H,3-5,9,12-17H2,1-2H3,(H2,22,23,24). The van der Waals surface area contributed by atoms with Crippen molar-refractivity contribution in [3.63, 3.8) is 0 Å². The van der Waals surface area contributed by atoms with E-state index in [-0.39, 0.29) is 0 Å². The van der Waals surface area contributed by atoms with Gasteiger partial charge in [-0.1, -0.05) is 50.6 Å². The number of nitrogens with one attached hydrogen (secondary N) is 2. The maximum absolute atomic E-state index is 5.62. The van der Waals surface area contributed by atoms with Gasteiger partial charge in [0.05, 0.1) is 6.54 Å². The van der Waals surface area contributed by atoms with Gasteiger partial charge in [-0.3, -0.25) is 0 Å². The van der Waals surface area contributed by atoms with Crippen LogP contribution in [-0.2, 0) is 24.2 Å². The van der Waals surface area contributed by atoms with Crippen molar-refractivity contribution in [1.29, 1.82) is 0 Å². The summed E-state index contributed by atoms with van der Waals surface area (Å²) in [6.45, 7) is 8.94. The maximum atomic E-state index is 5.62. The highest BCUT2D eigenvalue weighted by Crippen LogP contribution is 2.00. The van der Waals surface area contributed by atoms with Crippen molar-refractivity contribution < 1.29 is 4.74 Å². The lowest BCUT2D eigenvalue weighted by Crippen LogP contribution is -2.39. The van der Waals surface area contributed by atoms with Crippen LogP contribution in [0.2, 0.25) is 0 Å². The SMILES string of the molecule is CCCCOCCCNC(=NCc1ccccc1)NCCn1cnnc1CC. The number of hydrogen-bond acceptors (Lipinski definition) is 4. The summed E-state index contributed by atoms with van der Waals surface area (Å²) in [6, 6.07) is 10.3. The van der Waals surface area contributed by atoms with Crippen LogP contribution >= 0.6 is 0 Å². The second kappa shape index (κ2) is 13.7. The molecular formula is C21H34N6O. The van der Waals surface area contributed by atoms with Crippen LogP contribution in [0.4, 0.5) is 0 Å². The number of ether oxygens (including phenoxy) is 1. The average Bonchev–Trinajstić information content (AvgIpc) is 3.19. The van der Waals surface area contributed by atoms with Gasteiger partial charge in [-0.2, -0.15) is 0 Å². The molecule has 1 aromatic heterocycles. The topological polar surface area (TPSA) is 76.4 Å². The first-order valence-corrected chi connectivity index (χ1v) is 10.3. The fourth-order valence-corrected chi connectivity index (χ4v) is 2.69. The van der Waals surface area contributed by atoms with Crippen LogP contribution in [0, 0.1) is 0 Å². The molecule has 1 heterocycles. The maximum Gasteiger partial charge on any atom is 0.191 e. The van der Waals surface area contributed by atoms with Gasteiger partial charge >= 0.3 is 0 Å². The van der Waals surface area contributed by atoms with Gasteiger partial charge in [0.15, 0.2) is 5.96 Å². The van der Waals surface area contributed by atoms with Crippen molar-refractivity contribution in [2.45, 2.75) is 52.6 Å². The predicted molar refractivity (Wildman–Crippen MR) is 113 cm³/mol. The first-order valence-electron chi connectivity index (χ1n) is 10.3. The number of aliphatic imine (C=N–C) groups is 1. The lowest BCUT2D eigenvalue weighted by atomic mass is 10.2. The molecule has 28 heavy (non-hydrogen) atoms. The molecule has 1 aromatic carbocycles. The van der Waals surface area contributed by atoms with Crippen molar-refractivity contribution in [3.05, 3.63) is 48.0 Å². The van der Waals surface area contributed by atoms with Crippen molar-refractivity contribution in [1.82, 2.24) is 25.4 Å². The Kier molecular flexibility index (Phi) is 10.7. The number of unbranched alkanes of at least 4 members (excludes halogenated alkanes) is 1. The van der Waals surface area contributed by atoms with Gasteiger partial charge in [-0.15, -0.1) is 10.2 Å². The molecule has 0 atom stereocenters. The van der Waals surface area contributed by atoms with Crippen LogP contribution in [0.25, 0.3) is 0 Å². The largest absolute Gasteiger partial charge is 0.381 e. The van der Waals surface area contributed by atoms with Crippen molar-refractivity contribution >= 4 is 5.96 Å². The van der Waals surface area contributed by atoms with Gasteiger partial charge in [0.25, 0.3) is 0 Å². The molecule has 0 spiro atoms. The Morgan fingerprint density at radius 2 is 1.86 bits per heavy atom. The lowest BCUT2D eigenvalue weighted by Gasteiger charge is -2.13. The number of benzene rings is 1. The number of aryl methyl sites for hydroxylation is 1. The molecule has 0 bridgehead atoms. The Bertz CT molecular complexity index is 671. The number of hydrogen-bond donors (Lipinski definition) is 2. The van der Waals surface area contributed by atoms with Crippen LogP contribution < -0.4 is 10.6 Å². The summed E-state index contributed by atoms with van der Waals surface area (Å²) in [5.74, 6) is 1.82. The zero-order valence-corrected chi connectivity index (χ0v) is 17.2. The molecular weight excluding hydrogens is 352 g/mol. The monoisotopic (exact) mass is 386 g/mol. The minimum atomic E-state index is 0.649. The van der Waals surface area contributed by atoms with E-state index < -0.39 is 0 Å². The summed E-state index contributed by atoms with van der Waals surface area (Å²) in [5.41, 5.74) is 1.19. The third-order valence-corrected chi connectivity index (χ3v) is 4.32. The smallest absolute Gasteiger partial charge is 0.191 e. The molecule has 0 aliphatic rings. The zero-order chi connectivity index (χ0) is 19.9. The minimum Gasteiger partial charge on any atom is -0.381 e. The lowest BCUT2D eigenvalue weighted by molar-refractivity contribution is 0.129. The normalized spacial score (nSPS) is 11.6. The van der Waals surface area contributed by atoms with Gasteiger partial charge in [0, 0.05) is 39.3 Å². The number of nitrogens with zero attached hydrogens (tertiary/aromatic N) is 4. The second-order valence-electron chi connectivity index (χ2n) is 6.62. The molecule has 2 N–H and O–H groups in total. The van der Waals surface area contributed by atoms with Gasteiger partial charge in [0.2, 0.25) is 0 Å². The second-order valence-corrected chi connectivity index (χ2v) is 6.62. The Morgan fingerprint density at radius 3 is 2.64 bits per heavy atom. The number of aromatic nitrogens is 3. The summed E-state index contributed by atoms with van der Waals surface area (Å²) in [4.78, 5) is 4.72. The van der Waals surface area contributed by atoms with Crippen LogP contribution in [0.1, 0.15) is 44.5 Å².